The molecule has 11 heteroatoms. The quantitative estimate of drug-likeness (QED) is 0.278. The molecule has 4 rings (SSSR count). The van der Waals surface area contributed by atoms with Crippen molar-refractivity contribution >= 4 is 12.1 Å². The molecule has 1 aromatic heterocycles. The first-order valence-corrected chi connectivity index (χ1v) is 13.1. The number of methoxy groups -OCH3 is 2. The number of hydrogen-bond donors (Lipinski definition) is 2. The van der Waals surface area contributed by atoms with Crippen LogP contribution in [0.3, 0.4) is 0 Å². The molecule has 0 aliphatic carbocycles. The lowest BCUT2D eigenvalue weighted by Crippen LogP contribution is -2.29. The SMILES string of the molecule is COC/C(N)=C(/C=NCc1ccc2c(c1)CN(C(C)C)C2)C(=O)NCc1c(-n2cc(C)nn2)ccc(OC)c1F. The summed E-state index contributed by atoms with van der Waals surface area (Å²) >= 11 is 0. The number of fused-ring (bicyclic) bond motifs is 1. The van der Waals surface area contributed by atoms with Gasteiger partial charge in [-0.3, -0.25) is 14.7 Å². The molecule has 0 radical (unpaired) electrons. The van der Waals surface area contributed by atoms with Crippen LogP contribution in [-0.2, 0) is 35.7 Å². The maximum atomic E-state index is 15.3. The number of halogens is 1. The van der Waals surface area contributed by atoms with Gasteiger partial charge in [0.05, 0.1) is 43.4 Å². The number of nitrogens with one attached hydrogen (secondary N) is 1. The summed E-state index contributed by atoms with van der Waals surface area (Å²) in [5, 5.41) is 10.8. The molecule has 0 fully saturated rings. The lowest BCUT2D eigenvalue weighted by atomic mass is 10.1. The number of nitrogens with zero attached hydrogens (tertiary/aromatic N) is 5. The van der Waals surface area contributed by atoms with Crippen LogP contribution in [0, 0.1) is 12.7 Å². The van der Waals surface area contributed by atoms with Crippen LogP contribution in [0.5, 0.6) is 5.75 Å². The Morgan fingerprint density at radius 2 is 2.00 bits per heavy atom. The minimum absolute atomic E-state index is 0.0374. The smallest absolute Gasteiger partial charge is 0.254 e. The molecule has 1 amide bonds. The van der Waals surface area contributed by atoms with Gasteiger partial charge in [-0.15, -0.1) is 5.10 Å². The molecule has 0 saturated carbocycles. The largest absolute Gasteiger partial charge is 0.494 e. The van der Waals surface area contributed by atoms with E-state index in [9.17, 15) is 4.79 Å². The summed E-state index contributed by atoms with van der Waals surface area (Å²) in [5.41, 5.74) is 11.5. The Labute approximate surface area is 233 Å². The topological polar surface area (TPSA) is 120 Å². The summed E-state index contributed by atoms with van der Waals surface area (Å²) in [6.07, 6.45) is 3.11. The van der Waals surface area contributed by atoms with Crippen LogP contribution in [-0.4, -0.2) is 58.9 Å². The summed E-state index contributed by atoms with van der Waals surface area (Å²) in [7, 11) is 2.87. The van der Waals surface area contributed by atoms with Crippen LogP contribution in [0.2, 0.25) is 0 Å². The third-order valence-corrected chi connectivity index (χ3v) is 6.82. The van der Waals surface area contributed by atoms with Crippen molar-refractivity contribution in [1.82, 2.24) is 25.2 Å². The van der Waals surface area contributed by atoms with Gasteiger partial charge in [0, 0.05) is 50.3 Å². The number of rotatable bonds is 11. The lowest BCUT2D eigenvalue weighted by molar-refractivity contribution is -0.117. The van der Waals surface area contributed by atoms with Crippen LogP contribution in [0.25, 0.3) is 5.69 Å². The van der Waals surface area contributed by atoms with E-state index in [0.29, 0.717) is 24.0 Å². The fraction of sp³-hybridized carbons (Fsp3) is 0.379. The van der Waals surface area contributed by atoms with Crippen molar-refractivity contribution in [3.63, 3.8) is 0 Å². The van der Waals surface area contributed by atoms with Crippen molar-refractivity contribution < 1.29 is 18.7 Å². The first kappa shape index (κ1) is 28.9. The zero-order chi connectivity index (χ0) is 28.8. The van der Waals surface area contributed by atoms with Gasteiger partial charge in [0.15, 0.2) is 11.6 Å². The van der Waals surface area contributed by atoms with Crippen molar-refractivity contribution in [2.24, 2.45) is 10.7 Å². The number of amides is 1. The van der Waals surface area contributed by atoms with Gasteiger partial charge >= 0.3 is 0 Å². The minimum Gasteiger partial charge on any atom is -0.494 e. The second kappa shape index (κ2) is 12.8. The Morgan fingerprint density at radius 1 is 1.23 bits per heavy atom. The number of aryl methyl sites for hydroxylation is 1. The third kappa shape index (κ3) is 6.54. The average Bonchev–Trinajstić information content (AvgIpc) is 3.56. The predicted octanol–water partition coefficient (Wildman–Crippen LogP) is 3.19. The molecule has 40 heavy (non-hydrogen) atoms. The van der Waals surface area contributed by atoms with Crippen LogP contribution in [0.1, 0.15) is 41.8 Å². The summed E-state index contributed by atoms with van der Waals surface area (Å²) in [5.74, 6) is -1.07. The monoisotopic (exact) mass is 549 g/mol. The van der Waals surface area contributed by atoms with E-state index < -0.39 is 11.7 Å². The number of aromatic nitrogens is 3. The van der Waals surface area contributed by atoms with E-state index in [2.05, 4.69) is 57.6 Å². The number of nitrogens with two attached hydrogens (primary N) is 1. The molecular formula is C29H36FN7O3. The van der Waals surface area contributed by atoms with Crippen molar-refractivity contribution in [2.45, 2.75) is 53.0 Å². The normalized spacial score (nSPS) is 14.1. The number of hydrogen-bond acceptors (Lipinski definition) is 8. The number of carbonyl (C=O) groups excluding carboxylic acids is 1. The number of carbonyl (C=O) groups is 1. The minimum atomic E-state index is -0.606. The molecule has 0 atom stereocenters. The van der Waals surface area contributed by atoms with Crippen molar-refractivity contribution in [1.29, 1.82) is 0 Å². The zero-order valence-corrected chi connectivity index (χ0v) is 23.6. The van der Waals surface area contributed by atoms with E-state index in [1.54, 1.807) is 19.2 Å². The zero-order valence-electron chi connectivity index (χ0n) is 23.6. The van der Waals surface area contributed by atoms with Gasteiger partial charge in [0.25, 0.3) is 5.91 Å². The van der Waals surface area contributed by atoms with E-state index in [0.717, 1.165) is 18.7 Å². The maximum Gasteiger partial charge on any atom is 0.254 e. The van der Waals surface area contributed by atoms with Gasteiger partial charge in [-0.25, -0.2) is 9.07 Å². The fourth-order valence-corrected chi connectivity index (χ4v) is 4.56. The highest BCUT2D eigenvalue weighted by Gasteiger charge is 2.21. The van der Waals surface area contributed by atoms with E-state index in [4.69, 9.17) is 15.2 Å². The van der Waals surface area contributed by atoms with E-state index in [1.807, 2.05) is 0 Å². The van der Waals surface area contributed by atoms with Crippen molar-refractivity contribution in [3.8, 4) is 11.4 Å². The summed E-state index contributed by atoms with van der Waals surface area (Å²) in [6.45, 7) is 8.30. The molecule has 2 heterocycles. The van der Waals surface area contributed by atoms with Gasteiger partial charge < -0.3 is 20.5 Å². The standard InChI is InChI=1S/C29H36FN7O3/c1-18(2)36-15-21-7-6-20(10-22(21)16-36)11-32-12-23(25(31)17-39-4)29(38)33-13-24-26(37-14-19(3)34-35-37)8-9-27(40-5)28(24)30/h6-10,12,14,18H,11,13,15-17,31H2,1-5H3,(H,33,38)/b25-23+,32-12?. The Hall–Kier alpha value is -4.09. The highest BCUT2D eigenvalue weighted by atomic mass is 19.1. The molecule has 3 N–H and O–H groups in total. The van der Waals surface area contributed by atoms with E-state index >= 15 is 4.39 Å². The summed E-state index contributed by atoms with van der Waals surface area (Å²) in [4.78, 5) is 20.2. The molecule has 3 aromatic rings. The van der Waals surface area contributed by atoms with Crippen LogP contribution < -0.4 is 15.8 Å². The van der Waals surface area contributed by atoms with Crippen LogP contribution >= 0.6 is 0 Å². The number of aliphatic imine (C=N–C) groups is 1. The molecule has 0 saturated heterocycles. The van der Waals surface area contributed by atoms with E-state index in [1.165, 1.54) is 42.3 Å². The van der Waals surface area contributed by atoms with Crippen LogP contribution in [0.15, 0.2) is 52.8 Å². The molecule has 0 unspecified atom stereocenters. The summed E-state index contributed by atoms with van der Waals surface area (Å²) < 4.78 is 27.0. The first-order valence-electron chi connectivity index (χ1n) is 13.1. The molecule has 2 aromatic carbocycles. The molecular weight excluding hydrogens is 513 g/mol. The Balaban J connectivity index is 1.51. The Morgan fingerprint density at radius 3 is 2.67 bits per heavy atom. The van der Waals surface area contributed by atoms with Gasteiger partial charge in [-0.2, -0.15) is 0 Å². The fourth-order valence-electron chi connectivity index (χ4n) is 4.56. The van der Waals surface area contributed by atoms with Gasteiger partial charge in [-0.05, 0) is 49.6 Å². The van der Waals surface area contributed by atoms with Crippen LogP contribution in [0.4, 0.5) is 4.39 Å². The van der Waals surface area contributed by atoms with Crippen molar-refractivity contribution in [2.75, 3.05) is 20.8 Å². The number of benzene rings is 2. The van der Waals surface area contributed by atoms with Gasteiger partial charge in [0.1, 0.15) is 0 Å². The number of ether oxygens (including phenoxy) is 2. The predicted molar refractivity (Wildman–Crippen MR) is 151 cm³/mol. The third-order valence-electron chi connectivity index (χ3n) is 6.82. The Kier molecular flexibility index (Phi) is 9.28. The maximum absolute atomic E-state index is 15.3. The second-order valence-electron chi connectivity index (χ2n) is 10.0. The summed E-state index contributed by atoms with van der Waals surface area (Å²) in [6, 6.07) is 10.00. The van der Waals surface area contributed by atoms with Crippen molar-refractivity contribution in [3.05, 3.63) is 81.6 Å². The first-order chi connectivity index (χ1) is 19.2. The molecule has 10 nitrogen and oxygen atoms in total. The lowest BCUT2D eigenvalue weighted by Gasteiger charge is -2.18. The van der Waals surface area contributed by atoms with Gasteiger partial charge in [0.2, 0.25) is 0 Å². The molecule has 1 aliphatic rings. The highest BCUT2D eigenvalue weighted by molar-refractivity contribution is 6.12. The van der Waals surface area contributed by atoms with E-state index in [-0.39, 0.29) is 35.7 Å². The second-order valence-corrected chi connectivity index (χ2v) is 10.0. The molecule has 1 aliphatic heterocycles. The average molecular weight is 550 g/mol. The molecule has 0 spiro atoms. The Bertz CT molecular complexity index is 1430. The highest BCUT2D eigenvalue weighted by Crippen LogP contribution is 2.27. The molecule has 212 valence electrons. The van der Waals surface area contributed by atoms with Gasteiger partial charge in [-0.1, -0.05) is 23.4 Å². The molecule has 0 bridgehead atoms.